The number of H-pyrrole nitrogens is 1. The summed E-state index contributed by atoms with van der Waals surface area (Å²) in [6, 6.07) is 13.6. The maximum absolute atomic E-state index is 13.1. The molecule has 4 aromatic rings. The summed E-state index contributed by atoms with van der Waals surface area (Å²) >= 11 is 3.28. The lowest BCUT2D eigenvalue weighted by Gasteiger charge is -2.19. The molecule has 5 rings (SSSR count). The molecule has 2 amide bonds. The lowest BCUT2D eigenvalue weighted by molar-refractivity contribution is -0.123. The Morgan fingerprint density at radius 2 is 2.08 bits per heavy atom. The van der Waals surface area contributed by atoms with Crippen molar-refractivity contribution in [2.45, 2.75) is 25.2 Å². The van der Waals surface area contributed by atoms with E-state index in [-0.39, 0.29) is 31.4 Å². The van der Waals surface area contributed by atoms with Crippen molar-refractivity contribution in [1.82, 2.24) is 26.1 Å². The van der Waals surface area contributed by atoms with Gasteiger partial charge in [-0.15, -0.1) is 0 Å². The minimum absolute atomic E-state index is 0.000625. The average molecular weight is 566 g/mol. The van der Waals surface area contributed by atoms with E-state index >= 15 is 0 Å². The van der Waals surface area contributed by atoms with Crippen LogP contribution in [0.25, 0.3) is 21.8 Å². The molecule has 2 atom stereocenters. The number of carbonyl (C=O) groups is 2. The van der Waals surface area contributed by atoms with Crippen LogP contribution in [0.4, 0.5) is 4.79 Å². The number of phenols is 1. The Morgan fingerprint density at radius 3 is 2.92 bits per heavy atom. The van der Waals surface area contributed by atoms with Crippen LogP contribution in [-0.2, 0) is 27.4 Å². The van der Waals surface area contributed by atoms with Gasteiger partial charge in [0, 0.05) is 40.7 Å². The van der Waals surface area contributed by atoms with E-state index < -0.39 is 18.0 Å². The molecule has 2 unspecified atom stereocenters. The summed E-state index contributed by atoms with van der Waals surface area (Å²) in [6.45, 7) is 0.199. The molecular formula is C26H24BrN5O5. The quantitative estimate of drug-likeness (QED) is 0.206. The molecule has 0 fully saturated rings. The number of hydrogen-bond donors (Lipinski definition) is 5. The summed E-state index contributed by atoms with van der Waals surface area (Å²) in [4.78, 5) is 38.6. The van der Waals surface area contributed by atoms with Crippen molar-refractivity contribution in [3.63, 3.8) is 0 Å². The van der Waals surface area contributed by atoms with Gasteiger partial charge in [-0.2, -0.15) is 0 Å². The molecule has 0 aliphatic carbocycles. The number of fused-ring (bicyclic) bond motifs is 2. The van der Waals surface area contributed by atoms with E-state index in [9.17, 15) is 14.7 Å². The Bertz CT molecular complexity index is 1490. The van der Waals surface area contributed by atoms with E-state index in [0.717, 1.165) is 32.9 Å². The van der Waals surface area contributed by atoms with Crippen molar-refractivity contribution in [2.75, 3.05) is 6.54 Å². The Hall–Kier alpha value is -4.09. The van der Waals surface area contributed by atoms with Crippen LogP contribution in [0.5, 0.6) is 5.75 Å². The Morgan fingerprint density at radius 1 is 1.22 bits per heavy atom. The number of benzene rings is 2. The molecular weight excluding hydrogens is 542 g/mol. The number of aromatic hydroxyl groups is 1. The first-order valence-electron chi connectivity index (χ1n) is 11.6. The molecule has 0 saturated carbocycles. The van der Waals surface area contributed by atoms with Gasteiger partial charge in [-0.05, 0) is 57.9 Å². The molecule has 1 aliphatic rings. The molecule has 190 valence electrons. The standard InChI is InChI=1S/C26H24BrN5O5/c27-24-10-19(37-32-24)13-30-25(34)23(8-17-12-29-22-6-5-18(33)9-20(17)22)31-26(35)36-14-15-7-16-3-1-2-4-21(16)28-11-15/h1-7,9-12,19,23,29,32-33H,8,13-14H2,(H,30,34)(H,31,35). The lowest BCUT2D eigenvalue weighted by Crippen LogP contribution is -2.49. The number of nitrogens with one attached hydrogen (secondary N) is 4. The topological polar surface area (TPSA) is 138 Å². The maximum Gasteiger partial charge on any atom is 0.408 e. The number of phenolic OH excluding ortho intramolecular Hbond substituents is 1. The summed E-state index contributed by atoms with van der Waals surface area (Å²) in [5.74, 6) is -0.298. The van der Waals surface area contributed by atoms with E-state index in [1.54, 1.807) is 36.7 Å². The van der Waals surface area contributed by atoms with Gasteiger partial charge in [0.05, 0.1) is 12.1 Å². The fourth-order valence-corrected chi connectivity index (χ4v) is 4.47. The zero-order valence-electron chi connectivity index (χ0n) is 19.5. The Kier molecular flexibility index (Phi) is 7.24. The molecule has 0 bridgehead atoms. The average Bonchev–Trinajstić information content (AvgIpc) is 3.50. The summed E-state index contributed by atoms with van der Waals surface area (Å²) in [7, 11) is 0. The third-order valence-electron chi connectivity index (χ3n) is 5.92. The first-order chi connectivity index (χ1) is 17.9. The van der Waals surface area contributed by atoms with Gasteiger partial charge in [0.15, 0.2) is 0 Å². The highest BCUT2D eigenvalue weighted by Gasteiger charge is 2.25. The van der Waals surface area contributed by atoms with Gasteiger partial charge in [-0.25, -0.2) is 4.79 Å². The number of nitrogens with zero attached hydrogens (tertiary/aromatic N) is 1. The molecule has 11 heteroatoms. The van der Waals surface area contributed by atoms with Crippen molar-refractivity contribution in [3.8, 4) is 5.75 Å². The maximum atomic E-state index is 13.1. The second-order valence-corrected chi connectivity index (χ2v) is 9.43. The van der Waals surface area contributed by atoms with E-state index in [2.05, 4.69) is 42.0 Å². The number of amides is 2. The predicted octanol–water partition coefficient (Wildman–Crippen LogP) is 3.52. The lowest BCUT2D eigenvalue weighted by atomic mass is 10.0. The number of aromatic nitrogens is 2. The van der Waals surface area contributed by atoms with Gasteiger partial charge >= 0.3 is 6.09 Å². The zero-order valence-corrected chi connectivity index (χ0v) is 21.1. The SMILES string of the molecule is O=C(NC(Cc1c[nH]c2ccc(O)cc12)C(=O)NCC1C=C(Br)NO1)OCc1cnc2ccccc2c1. The zero-order chi connectivity index (χ0) is 25.8. The first-order valence-corrected chi connectivity index (χ1v) is 12.4. The molecule has 3 heterocycles. The van der Waals surface area contributed by atoms with Gasteiger partial charge in [-0.3, -0.25) is 20.1 Å². The number of para-hydroxylation sites is 1. The largest absolute Gasteiger partial charge is 0.508 e. The summed E-state index contributed by atoms with van der Waals surface area (Å²) in [5.41, 5.74) is 5.80. The molecule has 37 heavy (non-hydrogen) atoms. The fourth-order valence-electron chi connectivity index (χ4n) is 4.08. The highest BCUT2D eigenvalue weighted by Crippen LogP contribution is 2.24. The molecule has 2 aromatic carbocycles. The van der Waals surface area contributed by atoms with E-state index in [1.807, 2.05) is 30.3 Å². The molecule has 2 aromatic heterocycles. The second kappa shape index (κ2) is 10.9. The number of ether oxygens (including phenoxy) is 1. The molecule has 1 aliphatic heterocycles. The van der Waals surface area contributed by atoms with Crippen LogP contribution in [-0.4, -0.2) is 45.8 Å². The monoisotopic (exact) mass is 565 g/mol. The van der Waals surface area contributed by atoms with Crippen LogP contribution in [0.1, 0.15) is 11.1 Å². The van der Waals surface area contributed by atoms with Crippen LogP contribution in [0, 0.1) is 0 Å². The van der Waals surface area contributed by atoms with Crippen LogP contribution in [0.3, 0.4) is 0 Å². The molecule has 0 saturated heterocycles. The number of hydrogen-bond acceptors (Lipinski definition) is 7. The van der Waals surface area contributed by atoms with Gasteiger partial charge < -0.3 is 25.5 Å². The van der Waals surface area contributed by atoms with Crippen molar-refractivity contribution in [1.29, 1.82) is 0 Å². The van der Waals surface area contributed by atoms with Crippen molar-refractivity contribution < 1.29 is 24.3 Å². The van der Waals surface area contributed by atoms with Crippen LogP contribution < -0.4 is 16.1 Å². The van der Waals surface area contributed by atoms with Gasteiger partial charge in [0.2, 0.25) is 5.91 Å². The van der Waals surface area contributed by atoms with E-state index in [1.165, 1.54) is 0 Å². The number of halogens is 1. The number of aromatic amines is 1. The first kappa shape index (κ1) is 24.6. The van der Waals surface area contributed by atoms with Crippen molar-refractivity contribution in [2.24, 2.45) is 0 Å². The number of pyridine rings is 1. The Balaban J connectivity index is 1.27. The van der Waals surface area contributed by atoms with Crippen LogP contribution >= 0.6 is 15.9 Å². The van der Waals surface area contributed by atoms with Gasteiger partial charge in [0.1, 0.15) is 29.1 Å². The minimum Gasteiger partial charge on any atom is -0.508 e. The predicted molar refractivity (Wildman–Crippen MR) is 141 cm³/mol. The number of rotatable bonds is 8. The summed E-state index contributed by atoms with van der Waals surface area (Å²) in [6.07, 6.45) is 4.25. The fraction of sp³-hybridized carbons (Fsp3) is 0.192. The van der Waals surface area contributed by atoms with Crippen LogP contribution in [0.15, 0.2) is 71.6 Å². The minimum atomic E-state index is -0.939. The highest BCUT2D eigenvalue weighted by molar-refractivity contribution is 9.11. The number of alkyl carbamates (subject to hydrolysis) is 1. The van der Waals surface area contributed by atoms with Gasteiger partial charge in [-0.1, -0.05) is 18.2 Å². The molecule has 0 radical (unpaired) electrons. The molecule has 0 spiro atoms. The number of carbonyl (C=O) groups excluding carboxylic acids is 2. The molecule has 10 nitrogen and oxygen atoms in total. The third-order valence-corrected chi connectivity index (χ3v) is 6.34. The smallest absolute Gasteiger partial charge is 0.408 e. The van der Waals surface area contributed by atoms with E-state index in [0.29, 0.717) is 4.61 Å². The third kappa shape index (κ3) is 6.01. The summed E-state index contributed by atoms with van der Waals surface area (Å²) < 4.78 is 6.08. The number of hydroxylamine groups is 1. The summed E-state index contributed by atoms with van der Waals surface area (Å²) in [5, 5.41) is 17.1. The second-order valence-electron chi connectivity index (χ2n) is 8.58. The normalized spacial score (nSPS) is 15.7. The Labute approximate surface area is 220 Å². The van der Waals surface area contributed by atoms with Crippen LogP contribution in [0.2, 0.25) is 0 Å². The molecule has 5 N–H and O–H groups in total. The van der Waals surface area contributed by atoms with Crippen molar-refractivity contribution in [3.05, 3.63) is 82.7 Å². The highest BCUT2D eigenvalue weighted by atomic mass is 79.9. The van der Waals surface area contributed by atoms with Crippen molar-refractivity contribution >= 4 is 49.7 Å². The van der Waals surface area contributed by atoms with E-state index in [4.69, 9.17) is 9.57 Å². The van der Waals surface area contributed by atoms with Gasteiger partial charge in [0.25, 0.3) is 0 Å².